The minimum absolute atomic E-state index is 0.0649. The zero-order chi connectivity index (χ0) is 15.5. The average molecular weight is 300 g/mol. The number of anilines is 1. The Balaban J connectivity index is 2.00. The number of hydrogen-bond acceptors (Lipinski definition) is 4. The molecule has 2 heterocycles. The van der Waals surface area contributed by atoms with Crippen LogP contribution >= 0.6 is 0 Å². The molecule has 0 radical (unpaired) electrons. The second-order valence-corrected chi connectivity index (χ2v) is 5.59. The van der Waals surface area contributed by atoms with Gasteiger partial charge in [0.1, 0.15) is 0 Å². The minimum atomic E-state index is -0.406. The van der Waals surface area contributed by atoms with Gasteiger partial charge in [-0.15, -0.1) is 0 Å². The summed E-state index contributed by atoms with van der Waals surface area (Å²) in [6.45, 7) is 3.74. The molecule has 1 aliphatic rings. The highest BCUT2D eigenvalue weighted by Crippen LogP contribution is 2.23. The topological polar surface area (TPSA) is 62.4 Å². The smallest absolute Gasteiger partial charge is 0.311 e. The Morgan fingerprint density at radius 2 is 2.05 bits per heavy atom. The summed E-state index contributed by atoms with van der Waals surface area (Å²) in [6.07, 6.45) is 5.33. The van der Waals surface area contributed by atoms with E-state index in [4.69, 9.17) is 4.74 Å². The maximum absolute atomic E-state index is 12.5. The molecule has 22 heavy (non-hydrogen) atoms. The third-order valence-electron chi connectivity index (χ3n) is 4.06. The lowest BCUT2D eigenvalue weighted by molar-refractivity contribution is -0.134. The van der Waals surface area contributed by atoms with Gasteiger partial charge in [0, 0.05) is 36.9 Å². The second-order valence-electron chi connectivity index (χ2n) is 5.59. The first kappa shape index (κ1) is 14.6. The Hall–Kier alpha value is -2.30. The Labute approximate surface area is 128 Å². The third kappa shape index (κ3) is 2.84. The van der Waals surface area contributed by atoms with Crippen molar-refractivity contribution < 1.29 is 9.53 Å². The van der Waals surface area contributed by atoms with Crippen LogP contribution in [0.5, 0.6) is 5.75 Å². The van der Waals surface area contributed by atoms with Gasteiger partial charge >= 0.3 is 5.97 Å². The summed E-state index contributed by atoms with van der Waals surface area (Å²) < 4.78 is 5.09. The van der Waals surface area contributed by atoms with E-state index in [1.807, 2.05) is 18.2 Å². The normalized spacial score (nSPS) is 15.0. The molecule has 1 fully saturated rings. The van der Waals surface area contributed by atoms with Gasteiger partial charge in [0.2, 0.25) is 5.43 Å². The average Bonchev–Trinajstić information content (AvgIpc) is 2.58. The van der Waals surface area contributed by atoms with E-state index in [2.05, 4.69) is 9.88 Å². The standard InChI is InChI=1S/C17H20N2O3/c1-2-16(20)22-15-11-18-14-7-6-12(10-13(14)17(15)21)19-8-4-3-5-9-19/h6-7,10-11H,2-5,8-9H2,1H3,(H,18,21). The lowest BCUT2D eigenvalue weighted by Gasteiger charge is -2.28. The number of carbonyl (C=O) groups excluding carboxylic acids is 1. The number of ether oxygens (including phenoxy) is 1. The molecular formula is C17H20N2O3. The van der Waals surface area contributed by atoms with Crippen molar-refractivity contribution in [1.82, 2.24) is 4.98 Å². The largest absolute Gasteiger partial charge is 0.421 e. The van der Waals surface area contributed by atoms with E-state index in [1.165, 1.54) is 25.5 Å². The van der Waals surface area contributed by atoms with Gasteiger partial charge in [-0.2, -0.15) is 0 Å². The molecule has 2 aromatic rings. The summed E-state index contributed by atoms with van der Waals surface area (Å²) in [6, 6.07) is 5.83. The maximum atomic E-state index is 12.5. The van der Waals surface area contributed by atoms with E-state index in [0.717, 1.165) is 24.3 Å². The van der Waals surface area contributed by atoms with Gasteiger partial charge in [-0.25, -0.2) is 0 Å². The van der Waals surface area contributed by atoms with Gasteiger partial charge in [0.25, 0.3) is 0 Å². The predicted octanol–water partition coefficient (Wildman–Crippen LogP) is 2.83. The quantitative estimate of drug-likeness (QED) is 0.885. The predicted molar refractivity (Wildman–Crippen MR) is 86.6 cm³/mol. The summed E-state index contributed by atoms with van der Waals surface area (Å²) in [5.74, 6) is -0.341. The highest BCUT2D eigenvalue weighted by molar-refractivity contribution is 5.84. The van der Waals surface area contributed by atoms with Gasteiger partial charge in [0.05, 0.1) is 5.39 Å². The number of pyridine rings is 1. The highest BCUT2D eigenvalue weighted by Gasteiger charge is 2.14. The molecule has 0 aliphatic carbocycles. The molecule has 5 nitrogen and oxygen atoms in total. The molecule has 1 N–H and O–H groups in total. The fourth-order valence-corrected chi connectivity index (χ4v) is 2.81. The van der Waals surface area contributed by atoms with Crippen LogP contribution < -0.4 is 15.1 Å². The molecule has 0 unspecified atom stereocenters. The number of nitrogens with one attached hydrogen (secondary N) is 1. The zero-order valence-electron chi connectivity index (χ0n) is 12.7. The Morgan fingerprint density at radius 3 is 2.77 bits per heavy atom. The molecule has 1 aromatic carbocycles. The van der Waals surface area contributed by atoms with Crippen LogP contribution in [-0.2, 0) is 4.79 Å². The molecule has 1 saturated heterocycles. The molecule has 0 spiro atoms. The van der Waals surface area contributed by atoms with Gasteiger partial charge < -0.3 is 14.6 Å². The molecule has 0 saturated carbocycles. The molecular weight excluding hydrogens is 280 g/mol. The zero-order valence-corrected chi connectivity index (χ0v) is 12.7. The van der Waals surface area contributed by atoms with Crippen molar-refractivity contribution in [3.05, 3.63) is 34.6 Å². The molecule has 0 atom stereocenters. The Kier molecular flexibility index (Phi) is 4.13. The van der Waals surface area contributed by atoms with Crippen molar-refractivity contribution in [2.75, 3.05) is 18.0 Å². The fraction of sp³-hybridized carbons (Fsp3) is 0.412. The molecule has 1 aliphatic heterocycles. The molecule has 0 amide bonds. The first-order chi connectivity index (χ1) is 10.7. The third-order valence-corrected chi connectivity index (χ3v) is 4.06. The van der Waals surface area contributed by atoms with E-state index >= 15 is 0 Å². The number of aromatic amines is 1. The first-order valence-corrected chi connectivity index (χ1v) is 7.80. The van der Waals surface area contributed by atoms with Gasteiger partial charge in [-0.1, -0.05) is 6.92 Å². The Bertz CT molecular complexity index is 745. The van der Waals surface area contributed by atoms with Crippen molar-refractivity contribution in [3.63, 3.8) is 0 Å². The van der Waals surface area contributed by atoms with E-state index in [-0.39, 0.29) is 17.6 Å². The maximum Gasteiger partial charge on any atom is 0.311 e. The number of benzene rings is 1. The number of H-pyrrole nitrogens is 1. The second kappa shape index (κ2) is 6.22. The SMILES string of the molecule is CCC(=O)Oc1c[nH]c2ccc(N3CCCCC3)cc2c1=O. The van der Waals surface area contributed by atoms with Crippen molar-refractivity contribution in [2.45, 2.75) is 32.6 Å². The van der Waals surface area contributed by atoms with Crippen LogP contribution in [0.15, 0.2) is 29.2 Å². The summed E-state index contributed by atoms with van der Waals surface area (Å²) >= 11 is 0. The van der Waals surface area contributed by atoms with Crippen molar-refractivity contribution in [1.29, 1.82) is 0 Å². The molecule has 0 bridgehead atoms. The molecule has 3 rings (SSSR count). The summed E-state index contributed by atoms with van der Waals surface area (Å²) in [5, 5.41) is 0.560. The lowest BCUT2D eigenvalue weighted by Crippen LogP contribution is -2.29. The number of esters is 1. The summed E-state index contributed by atoms with van der Waals surface area (Å²) in [7, 11) is 0. The molecule has 5 heteroatoms. The minimum Gasteiger partial charge on any atom is -0.421 e. The summed E-state index contributed by atoms with van der Waals surface area (Å²) in [5.41, 5.74) is 1.56. The highest BCUT2D eigenvalue weighted by atomic mass is 16.5. The fourth-order valence-electron chi connectivity index (χ4n) is 2.81. The number of fused-ring (bicyclic) bond motifs is 1. The van der Waals surface area contributed by atoms with Gasteiger partial charge in [-0.05, 0) is 37.5 Å². The van der Waals surface area contributed by atoms with Crippen LogP contribution in [0.1, 0.15) is 32.6 Å². The van der Waals surface area contributed by atoms with E-state index < -0.39 is 5.97 Å². The van der Waals surface area contributed by atoms with E-state index in [0.29, 0.717) is 5.39 Å². The number of rotatable bonds is 3. The number of nitrogens with zero attached hydrogens (tertiary/aromatic N) is 1. The van der Waals surface area contributed by atoms with Crippen LogP contribution in [0.4, 0.5) is 5.69 Å². The van der Waals surface area contributed by atoms with Crippen LogP contribution in [0.2, 0.25) is 0 Å². The summed E-state index contributed by atoms with van der Waals surface area (Å²) in [4.78, 5) is 29.2. The molecule has 1 aromatic heterocycles. The Morgan fingerprint density at radius 1 is 1.27 bits per heavy atom. The van der Waals surface area contributed by atoms with Gasteiger partial charge in [-0.3, -0.25) is 9.59 Å². The number of aromatic nitrogens is 1. The van der Waals surface area contributed by atoms with E-state index in [9.17, 15) is 9.59 Å². The number of piperidine rings is 1. The van der Waals surface area contributed by atoms with Crippen LogP contribution in [-0.4, -0.2) is 24.0 Å². The number of hydrogen-bond donors (Lipinski definition) is 1. The monoisotopic (exact) mass is 300 g/mol. The van der Waals surface area contributed by atoms with Crippen molar-refractivity contribution in [3.8, 4) is 5.75 Å². The van der Waals surface area contributed by atoms with Crippen LogP contribution in [0.3, 0.4) is 0 Å². The number of carbonyl (C=O) groups is 1. The van der Waals surface area contributed by atoms with E-state index in [1.54, 1.807) is 6.92 Å². The molecule has 116 valence electrons. The van der Waals surface area contributed by atoms with Crippen LogP contribution in [0.25, 0.3) is 10.9 Å². The van der Waals surface area contributed by atoms with Crippen molar-refractivity contribution in [2.24, 2.45) is 0 Å². The first-order valence-electron chi connectivity index (χ1n) is 7.80. The van der Waals surface area contributed by atoms with Crippen molar-refractivity contribution >= 4 is 22.6 Å². The lowest BCUT2D eigenvalue weighted by atomic mass is 10.1. The van der Waals surface area contributed by atoms with Crippen LogP contribution in [0, 0.1) is 0 Å². The van der Waals surface area contributed by atoms with Gasteiger partial charge in [0.15, 0.2) is 5.75 Å².